The first-order valence-corrected chi connectivity index (χ1v) is 5.10. The SMILES string of the molecule is CCNC(C)/C=C/c1cc(F)c(F)cc1F. The summed E-state index contributed by atoms with van der Waals surface area (Å²) in [4.78, 5) is 0. The molecule has 0 fully saturated rings. The molecule has 16 heavy (non-hydrogen) atoms. The Morgan fingerprint density at radius 1 is 1.19 bits per heavy atom. The van der Waals surface area contributed by atoms with Gasteiger partial charge in [-0.25, -0.2) is 13.2 Å². The molecule has 0 radical (unpaired) electrons. The van der Waals surface area contributed by atoms with Crippen LogP contribution in [0.1, 0.15) is 19.4 Å². The molecule has 0 saturated heterocycles. The largest absolute Gasteiger partial charge is 0.311 e. The average molecular weight is 229 g/mol. The average Bonchev–Trinajstić information content (AvgIpc) is 2.22. The van der Waals surface area contributed by atoms with E-state index < -0.39 is 17.5 Å². The third kappa shape index (κ3) is 3.38. The van der Waals surface area contributed by atoms with Gasteiger partial charge in [-0.15, -0.1) is 0 Å². The van der Waals surface area contributed by atoms with E-state index in [1.54, 1.807) is 6.08 Å². The Hall–Kier alpha value is -1.29. The molecular weight excluding hydrogens is 215 g/mol. The zero-order chi connectivity index (χ0) is 12.1. The molecule has 1 rings (SSSR count). The highest BCUT2D eigenvalue weighted by molar-refractivity contribution is 5.50. The zero-order valence-corrected chi connectivity index (χ0v) is 9.23. The van der Waals surface area contributed by atoms with Gasteiger partial charge in [0, 0.05) is 17.7 Å². The van der Waals surface area contributed by atoms with Gasteiger partial charge in [-0.1, -0.05) is 19.1 Å². The van der Waals surface area contributed by atoms with Gasteiger partial charge in [0.1, 0.15) is 5.82 Å². The molecule has 1 N–H and O–H groups in total. The molecule has 4 heteroatoms. The van der Waals surface area contributed by atoms with Crippen LogP contribution in [0.4, 0.5) is 13.2 Å². The van der Waals surface area contributed by atoms with E-state index in [2.05, 4.69) is 5.32 Å². The van der Waals surface area contributed by atoms with Crippen molar-refractivity contribution in [2.75, 3.05) is 6.54 Å². The predicted molar refractivity (Wildman–Crippen MR) is 58.5 cm³/mol. The van der Waals surface area contributed by atoms with Crippen LogP contribution in [0, 0.1) is 17.5 Å². The minimum absolute atomic E-state index is 0.0450. The third-order valence-corrected chi connectivity index (χ3v) is 2.13. The minimum Gasteiger partial charge on any atom is -0.311 e. The molecule has 0 amide bonds. The molecule has 0 heterocycles. The molecular formula is C12H14F3N. The molecule has 1 atom stereocenters. The second kappa shape index (κ2) is 5.70. The third-order valence-electron chi connectivity index (χ3n) is 2.13. The summed E-state index contributed by atoms with van der Waals surface area (Å²) in [6, 6.07) is 1.45. The Balaban J connectivity index is 2.85. The predicted octanol–water partition coefficient (Wildman–Crippen LogP) is 3.12. The second-order valence-electron chi connectivity index (χ2n) is 3.49. The van der Waals surface area contributed by atoms with E-state index in [4.69, 9.17) is 0 Å². The van der Waals surface area contributed by atoms with Gasteiger partial charge < -0.3 is 5.32 Å². The van der Waals surface area contributed by atoms with Gasteiger partial charge in [-0.2, -0.15) is 0 Å². The molecule has 0 bridgehead atoms. The lowest BCUT2D eigenvalue weighted by molar-refractivity contribution is 0.494. The fourth-order valence-corrected chi connectivity index (χ4v) is 1.30. The van der Waals surface area contributed by atoms with Gasteiger partial charge in [0.15, 0.2) is 11.6 Å². The van der Waals surface area contributed by atoms with Crippen LogP contribution >= 0.6 is 0 Å². The first-order valence-electron chi connectivity index (χ1n) is 5.10. The molecule has 1 nitrogen and oxygen atoms in total. The number of rotatable bonds is 4. The summed E-state index contributed by atoms with van der Waals surface area (Å²) in [5.74, 6) is -2.98. The van der Waals surface area contributed by atoms with Crippen molar-refractivity contribution in [2.24, 2.45) is 0 Å². The number of halogens is 3. The first kappa shape index (κ1) is 12.8. The van der Waals surface area contributed by atoms with Crippen LogP contribution in [0.2, 0.25) is 0 Å². The summed E-state index contributed by atoms with van der Waals surface area (Å²) in [6.07, 6.45) is 3.13. The van der Waals surface area contributed by atoms with Gasteiger partial charge in [0.25, 0.3) is 0 Å². The molecule has 0 aliphatic rings. The van der Waals surface area contributed by atoms with Crippen LogP contribution in [-0.2, 0) is 0 Å². The van der Waals surface area contributed by atoms with Crippen molar-refractivity contribution in [3.63, 3.8) is 0 Å². The van der Waals surface area contributed by atoms with E-state index in [0.717, 1.165) is 12.6 Å². The van der Waals surface area contributed by atoms with E-state index in [-0.39, 0.29) is 11.6 Å². The van der Waals surface area contributed by atoms with Crippen molar-refractivity contribution in [2.45, 2.75) is 19.9 Å². The standard InChI is InChI=1S/C12H14F3N/c1-3-16-8(2)4-5-9-6-11(14)12(15)7-10(9)13/h4-8,16H,3H2,1-2H3/b5-4+. The maximum Gasteiger partial charge on any atom is 0.161 e. The summed E-state index contributed by atoms with van der Waals surface area (Å²) in [5.41, 5.74) is 0.0450. The van der Waals surface area contributed by atoms with Crippen molar-refractivity contribution >= 4 is 6.08 Å². The molecule has 0 aliphatic heterocycles. The van der Waals surface area contributed by atoms with Gasteiger partial charge in [-0.3, -0.25) is 0 Å². The van der Waals surface area contributed by atoms with Crippen LogP contribution in [0.15, 0.2) is 18.2 Å². The highest BCUT2D eigenvalue weighted by Gasteiger charge is 2.07. The number of likely N-dealkylation sites (N-methyl/N-ethyl adjacent to an activating group) is 1. The van der Waals surface area contributed by atoms with Gasteiger partial charge in [0.05, 0.1) is 0 Å². The molecule has 1 unspecified atom stereocenters. The summed E-state index contributed by atoms with van der Waals surface area (Å²) < 4.78 is 38.7. The van der Waals surface area contributed by atoms with E-state index in [1.165, 1.54) is 6.08 Å². The van der Waals surface area contributed by atoms with Crippen molar-refractivity contribution in [3.05, 3.63) is 41.2 Å². The number of nitrogens with one attached hydrogen (secondary N) is 1. The van der Waals surface area contributed by atoms with Gasteiger partial charge in [-0.05, 0) is 19.5 Å². The lowest BCUT2D eigenvalue weighted by Gasteiger charge is -2.06. The monoisotopic (exact) mass is 229 g/mol. The van der Waals surface area contributed by atoms with Crippen LogP contribution in [0.25, 0.3) is 6.08 Å². The van der Waals surface area contributed by atoms with Crippen LogP contribution in [-0.4, -0.2) is 12.6 Å². The molecule has 0 spiro atoms. The molecule has 0 aliphatic carbocycles. The Morgan fingerprint density at radius 3 is 2.44 bits per heavy atom. The van der Waals surface area contributed by atoms with Crippen molar-refractivity contribution in [1.82, 2.24) is 5.32 Å². The van der Waals surface area contributed by atoms with Crippen LogP contribution < -0.4 is 5.32 Å². The number of benzene rings is 1. The normalized spacial score (nSPS) is 13.3. The van der Waals surface area contributed by atoms with Crippen LogP contribution in [0.3, 0.4) is 0 Å². The van der Waals surface area contributed by atoms with Crippen molar-refractivity contribution < 1.29 is 13.2 Å². The van der Waals surface area contributed by atoms with E-state index in [9.17, 15) is 13.2 Å². The Morgan fingerprint density at radius 2 is 1.81 bits per heavy atom. The molecule has 88 valence electrons. The summed E-state index contributed by atoms with van der Waals surface area (Å²) in [5, 5.41) is 3.08. The van der Waals surface area contributed by atoms with Gasteiger partial charge >= 0.3 is 0 Å². The van der Waals surface area contributed by atoms with E-state index in [1.807, 2.05) is 13.8 Å². The van der Waals surface area contributed by atoms with Gasteiger partial charge in [0.2, 0.25) is 0 Å². The number of hydrogen-bond acceptors (Lipinski definition) is 1. The molecule has 1 aromatic carbocycles. The summed E-state index contributed by atoms with van der Waals surface area (Å²) in [6.45, 7) is 4.62. The lowest BCUT2D eigenvalue weighted by atomic mass is 10.1. The topological polar surface area (TPSA) is 12.0 Å². The molecule has 0 saturated carbocycles. The first-order chi connectivity index (χ1) is 7.54. The highest BCUT2D eigenvalue weighted by Crippen LogP contribution is 2.15. The smallest absolute Gasteiger partial charge is 0.161 e. The highest BCUT2D eigenvalue weighted by atomic mass is 19.2. The van der Waals surface area contributed by atoms with E-state index in [0.29, 0.717) is 6.07 Å². The van der Waals surface area contributed by atoms with Crippen molar-refractivity contribution in [1.29, 1.82) is 0 Å². The molecule has 1 aromatic rings. The Bertz CT molecular complexity index is 388. The summed E-state index contributed by atoms with van der Waals surface area (Å²) >= 11 is 0. The Labute approximate surface area is 93.0 Å². The second-order valence-corrected chi connectivity index (χ2v) is 3.49. The molecule has 0 aromatic heterocycles. The number of hydrogen-bond donors (Lipinski definition) is 1. The van der Waals surface area contributed by atoms with Crippen LogP contribution in [0.5, 0.6) is 0 Å². The fraction of sp³-hybridized carbons (Fsp3) is 0.333. The summed E-state index contributed by atoms with van der Waals surface area (Å²) in [7, 11) is 0. The quantitative estimate of drug-likeness (QED) is 0.782. The maximum atomic E-state index is 13.2. The zero-order valence-electron chi connectivity index (χ0n) is 9.23. The maximum absolute atomic E-state index is 13.2. The van der Waals surface area contributed by atoms with Crippen molar-refractivity contribution in [3.8, 4) is 0 Å². The minimum atomic E-state index is -1.17. The van der Waals surface area contributed by atoms with E-state index >= 15 is 0 Å². The fourth-order valence-electron chi connectivity index (χ4n) is 1.30. The lowest BCUT2D eigenvalue weighted by Crippen LogP contribution is -2.22. The Kier molecular flexibility index (Phi) is 4.55.